The molecule has 5 rings (SSSR count). The molecule has 2 amide bonds. The van der Waals surface area contributed by atoms with Crippen LogP contribution in [0.25, 0.3) is 22.6 Å². The summed E-state index contributed by atoms with van der Waals surface area (Å²) in [4.78, 5) is 54.5. The molecule has 0 unspecified atom stereocenters. The standard InChI is InChI=1S/C30H20N6O6/c37-29(21-5-13-25(14-6-21)35(39)40)32-23-9-1-19(2-10-23)27-17-18-31-28(34-27)20-3-11-24(12-4-20)33-30(38)22-7-15-26(16-8-22)36(41)42/h1-18H,(H,32,37)(H,33,38). The number of rotatable bonds is 8. The minimum absolute atomic E-state index is 0.0949. The summed E-state index contributed by atoms with van der Waals surface area (Å²) in [6.07, 6.45) is 1.63. The molecule has 0 spiro atoms. The van der Waals surface area contributed by atoms with Gasteiger partial charge in [-0.15, -0.1) is 0 Å². The highest BCUT2D eigenvalue weighted by Crippen LogP contribution is 2.24. The van der Waals surface area contributed by atoms with Crippen LogP contribution in [0.2, 0.25) is 0 Å². The number of nitro groups is 2. The normalized spacial score (nSPS) is 10.5. The Morgan fingerprint density at radius 1 is 0.571 bits per heavy atom. The zero-order valence-electron chi connectivity index (χ0n) is 21.6. The predicted molar refractivity (Wildman–Crippen MR) is 155 cm³/mol. The molecular formula is C30H20N6O6. The molecule has 0 radical (unpaired) electrons. The fourth-order valence-corrected chi connectivity index (χ4v) is 3.96. The second kappa shape index (κ2) is 11.8. The third kappa shape index (κ3) is 6.29. The van der Waals surface area contributed by atoms with Crippen molar-refractivity contribution in [1.29, 1.82) is 0 Å². The van der Waals surface area contributed by atoms with Gasteiger partial charge in [-0.05, 0) is 66.7 Å². The maximum absolute atomic E-state index is 12.5. The van der Waals surface area contributed by atoms with Gasteiger partial charge in [-0.1, -0.05) is 12.1 Å². The van der Waals surface area contributed by atoms with Gasteiger partial charge < -0.3 is 10.6 Å². The van der Waals surface area contributed by atoms with Crippen molar-refractivity contribution in [2.45, 2.75) is 0 Å². The number of nitrogens with zero attached hydrogens (tertiary/aromatic N) is 4. The van der Waals surface area contributed by atoms with Crippen molar-refractivity contribution < 1.29 is 19.4 Å². The molecule has 0 aliphatic rings. The first-order valence-electron chi connectivity index (χ1n) is 12.4. The van der Waals surface area contributed by atoms with Crippen molar-refractivity contribution in [3.63, 3.8) is 0 Å². The zero-order valence-corrected chi connectivity index (χ0v) is 21.6. The number of carbonyl (C=O) groups excluding carboxylic acids is 2. The molecule has 2 N–H and O–H groups in total. The van der Waals surface area contributed by atoms with E-state index >= 15 is 0 Å². The van der Waals surface area contributed by atoms with Crippen LogP contribution in [0.5, 0.6) is 0 Å². The smallest absolute Gasteiger partial charge is 0.269 e. The predicted octanol–water partition coefficient (Wildman–Crippen LogP) is 6.13. The van der Waals surface area contributed by atoms with Gasteiger partial charge in [0.25, 0.3) is 23.2 Å². The van der Waals surface area contributed by atoms with Crippen LogP contribution in [0.3, 0.4) is 0 Å². The average Bonchev–Trinajstić information content (AvgIpc) is 3.02. The molecular weight excluding hydrogens is 540 g/mol. The SMILES string of the molecule is O=C(Nc1ccc(-c2ccnc(-c3ccc(NC(=O)c4ccc([N+](=O)[O-])cc4)cc3)n2)cc1)c1ccc([N+](=O)[O-])cc1. The van der Waals surface area contributed by atoms with E-state index in [1.807, 2.05) is 0 Å². The molecule has 0 saturated heterocycles. The van der Waals surface area contributed by atoms with Crippen LogP contribution in [-0.4, -0.2) is 31.6 Å². The molecule has 1 heterocycles. The van der Waals surface area contributed by atoms with E-state index < -0.39 is 21.7 Å². The minimum atomic E-state index is -0.529. The van der Waals surface area contributed by atoms with Gasteiger partial charge in [0.2, 0.25) is 0 Å². The van der Waals surface area contributed by atoms with Crippen LogP contribution >= 0.6 is 0 Å². The van der Waals surface area contributed by atoms with Gasteiger partial charge in [0.05, 0.1) is 15.5 Å². The number of aromatic nitrogens is 2. The molecule has 5 aromatic rings. The monoisotopic (exact) mass is 560 g/mol. The number of benzene rings is 4. The van der Waals surface area contributed by atoms with Gasteiger partial charge in [0.15, 0.2) is 5.82 Å². The molecule has 42 heavy (non-hydrogen) atoms. The van der Waals surface area contributed by atoms with Crippen molar-refractivity contribution in [2.75, 3.05) is 10.6 Å². The molecule has 0 saturated carbocycles. The summed E-state index contributed by atoms with van der Waals surface area (Å²) in [5.74, 6) is -0.325. The summed E-state index contributed by atoms with van der Waals surface area (Å²) in [5.41, 5.74) is 3.63. The number of hydrogen-bond donors (Lipinski definition) is 2. The molecule has 0 atom stereocenters. The minimum Gasteiger partial charge on any atom is -0.322 e. The Labute approximate surface area is 238 Å². The number of nitro benzene ring substituents is 2. The van der Waals surface area contributed by atoms with E-state index in [2.05, 4.69) is 20.6 Å². The number of hydrogen-bond acceptors (Lipinski definition) is 8. The number of anilines is 2. The van der Waals surface area contributed by atoms with Crippen molar-refractivity contribution in [1.82, 2.24) is 9.97 Å². The molecule has 0 bridgehead atoms. The summed E-state index contributed by atoms with van der Waals surface area (Å²) in [5, 5.41) is 27.1. The molecule has 0 aliphatic heterocycles. The first-order chi connectivity index (χ1) is 20.3. The van der Waals surface area contributed by atoms with Crippen molar-refractivity contribution >= 4 is 34.6 Å². The summed E-state index contributed by atoms with van der Waals surface area (Å²) in [6, 6.07) is 26.4. The lowest BCUT2D eigenvalue weighted by Gasteiger charge is -2.08. The van der Waals surface area contributed by atoms with Crippen LogP contribution < -0.4 is 10.6 Å². The Balaban J connectivity index is 1.23. The maximum atomic E-state index is 12.5. The number of carbonyl (C=O) groups is 2. The highest BCUT2D eigenvalue weighted by Gasteiger charge is 2.12. The van der Waals surface area contributed by atoms with Crippen LogP contribution in [-0.2, 0) is 0 Å². The third-order valence-electron chi connectivity index (χ3n) is 6.18. The first-order valence-corrected chi connectivity index (χ1v) is 12.4. The summed E-state index contributed by atoms with van der Waals surface area (Å²) in [7, 11) is 0. The quantitative estimate of drug-likeness (QED) is 0.168. The lowest BCUT2D eigenvalue weighted by atomic mass is 10.1. The number of amides is 2. The summed E-state index contributed by atoms with van der Waals surface area (Å²) < 4.78 is 0. The largest absolute Gasteiger partial charge is 0.322 e. The van der Waals surface area contributed by atoms with E-state index in [1.165, 1.54) is 48.5 Å². The van der Waals surface area contributed by atoms with Gasteiger partial charge in [-0.25, -0.2) is 9.97 Å². The highest BCUT2D eigenvalue weighted by atomic mass is 16.6. The van der Waals surface area contributed by atoms with E-state index in [4.69, 9.17) is 0 Å². The van der Waals surface area contributed by atoms with Crippen LogP contribution in [0.4, 0.5) is 22.7 Å². The number of nitrogens with one attached hydrogen (secondary N) is 2. The summed E-state index contributed by atoms with van der Waals surface area (Å²) in [6.45, 7) is 0. The maximum Gasteiger partial charge on any atom is 0.269 e. The Morgan fingerprint density at radius 3 is 1.43 bits per heavy atom. The molecule has 12 heteroatoms. The van der Waals surface area contributed by atoms with Gasteiger partial charge >= 0.3 is 0 Å². The second-order valence-electron chi connectivity index (χ2n) is 8.94. The van der Waals surface area contributed by atoms with Crippen LogP contribution in [0.1, 0.15) is 20.7 Å². The second-order valence-corrected chi connectivity index (χ2v) is 8.94. The van der Waals surface area contributed by atoms with Gasteiger partial charge in [-0.2, -0.15) is 0 Å². The molecule has 4 aromatic carbocycles. The lowest BCUT2D eigenvalue weighted by Crippen LogP contribution is -2.11. The van der Waals surface area contributed by atoms with Crippen LogP contribution in [0.15, 0.2) is 109 Å². The van der Waals surface area contributed by atoms with E-state index in [9.17, 15) is 29.8 Å². The molecule has 12 nitrogen and oxygen atoms in total. The van der Waals surface area contributed by atoms with Crippen molar-refractivity contribution in [2.24, 2.45) is 0 Å². The van der Waals surface area contributed by atoms with Crippen molar-refractivity contribution in [3.05, 3.63) is 141 Å². The fraction of sp³-hybridized carbons (Fsp3) is 0. The fourth-order valence-electron chi connectivity index (χ4n) is 3.96. The Bertz CT molecular complexity index is 1660. The first kappa shape index (κ1) is 27.3. The van der Waals surface area contributed by atoms with E-state index in [0.717, 1.165) is 11.1 Å². The van der Waals surface area contributed by atoms with E-state index in [1.54, 1.807) is 60.8 Å². The van der Waals surface area contributed by atoms with Gasteiger partial charge in [0.1, 0.15) is 0 Å². The molecule has 206 valence electrons. The third-order valence-corrected chi connectivity index (χ3v) is 6.18. The zero-order chi connectivity index (χ0) is 29.6. The topological polar surface area (TPSA) is 170 Å². The molecule has 0 aliphatic carbocycles. The molecule has 1 aromatic heterocycles. The number of non-ortho nitro benzene ring substituents is 2. The van der Waals surface area contributed by atoms with Crippen LogP contribution in [0, 0.1) is 20.2 Å². The van der Waals surface area contributed by atoms with Crippen molar-refractivity contribution in [3.8, 4) is 22.6 Å². The Kier molecular flexibility index (Phi) is 7.69. The Hall–Kier alpha value is -6.30. The van der Waals surface area contributed by atoms with Gasteiger partial charge in [0, 0.05) is 64.1 Å². The summed E-state index contributed by atoms with van der Waals surface area (Å²) >= 11 is 0. The lowest BCUT2D eigenvalue weighted by molar-refractivity contribution is -0.385. The Morgan fingerprint density at radius 2 is 1.00 bits per heavy atom. The molecule has 0 fully saturated rings. The van der Waals surface area contributed by atoms with E-state index in [0.29, 0.717) is 28.5 Å². The average molecular weight is 561 g/mol. The van der Waals surface area contributed by atoms with E-state index in [-0.39, 0.29) is 16.9 Å². The highest BCUT2D eigenvalue weighted by molar-refractivity contribution is 6.05. The van der Waals surface area contributed by atoms with Gasteiger partial charge in [-0.3, -0.25) is 29.8 Å².